The maximum absolute atomic E-state index is 10.7. The highest BCUT2D eigenvalue weighted by Crippen LogP contribution is 2.20. The van der Waals surface area contributed by atoms with Gasteiger partial charge in [0.25, 0.3) is 0 Å². The van der Waals surface area contributed by atoms with Gasteiger partial charge in [-0.2, -0.15) is 0 Å². The minimum atomic E-state index is -0.970. The van der Waals surface area contributed by atoms with E-state index >= 15 is 0 Å². The SMILES string of the molecule is O=C(O)c1ccc(-c2ccc(C(=O)O)cc2)cc1.OCCO. The van der Waals surface area contributed by atoms with Crippen LogP contribution in [0.1, 0.15) is 20.7 Å². The van der Waals surface area contributed by atoms with Crippen LogP contribution >= 0.6 is 0 Å². The molecule has 0 bridgehead atoms. The van der Waals surface area contributed by atoms with Crippen LogP contribution in [0.5, 0.6) is 0 Å². The summed E-state index contributed by atoms with van der Waals surface area (Å²) in [6.07, 6.45) is 0. The van der Waals surface area contributed by atoms with Gasteiger partial charge in [-0.1, -0.05) is 24.3 Å². The van der Waals surface area contributed by atoms with Gasteiger partial charge in [0.2, 0.25) is 0 Å². The van der Waals surface area contributed by atoms with E-state index in [1.54, 1.807) is 24.3 Å². The molecule has 6 nitrogen and oxygen atoms in total. The average molecular weight is 304 g/mol. The Morgan fingerprint density at radius 2 is 0.909 bits per heavy atom. The number of carbonyl (C=O) groups is 2. The van der Waals surface area contributed by atoms with Gasteiger partial charge < -0.3 is 20.4 Å². The molecule has 6 heteroatoms. The fourth-order valence-corrected chi connectivity index (χ4v) is 1.61. The predicted octanol–water partition coefficient (Wildman–Crippen LogP) is 1.72. The Balaban J connectivity index is 0.000000541. The van der Waals surface area contributed by atoms with Gasteiger partial charge in [0.1, 0.15) is 0 Å². The number of aliphatic hydroxyl groups excluding tert-OH is 2. The van der Waals surface area contributed by atoms with Crippen molar-refractivity contribution in [3.8, 4) is 11.1 Å². The topological polar surface area (TPSA) is 115 Å². The van der Waals surface area contributed by atoms with Gasteiger partial charge in [-0.05, 0) is 35.4 Å². The Morgan fingerprint density at radius 3 is 1.09 bits per heavy atom. The zero-order valence-corrected chi connectivity index (χ0v) is 11.6. The lowest BCUT2D eigenvalue weighted by atomic mass is 10.0. The van der Waals surface area contributed by atoms with Crippen LogP contribution in [0.3, 0.4) is 0 Å². The fourth-order valence-electron chi connectivity index (χ4n) is 1.61. The zero-order chi connectivity index (χ0) is 16.5. The second-order valence-corrected chi connectivity index (χ2v) is 4.21. The van der Waals surface area contributed by atoms with Crippen molar-refractivity contribution < 1.29 is 30.0 Å². The molecular weight excluding hydrogens is 288 g/mol. The summed E-state index contributed by atoms with van der Waals surface area (Å²) >= 11 is 0. The van der Waals surface area contributed by atoms with Gasteiger partial charge in [-0.3, -0.25) is 0 Å². The van der Waals surface area contributed by atoms with E-state index in [2.05, 4.69) is 0 Å². The second kappa shape index (κ2) is 8.56. The van der Waals surface area contributed by atoms with Crippen molar-refractivity contribution in [2.45, 2.75) is 0 Å². The third kappa shape index (κ3) is 5.01. The summed E-state index contributed by atoms with van der Waals surface area (Å²) in [5.41, 5.74) is 2.13. The fraction of sp³-hybridized carbons (Fsp3) is 0.125. The minimum absolute atomic E-state index is 0.125. The Kier molecular flexibility index (Phi) is 6.75. The number of rotatable bonds is 4. The lowest BCUT2D eigenvalue weighted by Crippen LogP contribution is -1.96. The van der Waals surface area contributed by atoms with Gasteiger partial charge in [0.05, 0.1) is 24.3 Å². The largest absolute Gasteiger partial charge is 0.478 e. The molecule has 0 amide bonds. The van der Waals surface area contributed by atoms with Gasteiger partial charge in [-0.15, -0.1) is 0 Å². The number of carboxylic acids is 2. The van der Waals surface area contributed by atoms with Gasteiger partial charge in [-0.25, -0.2) is 9.59 Å². The van der Waals surface area contributed by atoms with Crippen molar-refractivity contribution in [3.05, 3.63) is 59.7 Å². The summed E-state index contributed by atoms with van der Waals surface area (Å²) in [5.74, 6) is -1.94. The molecule has 0 aliphatic rings. The van der Waals surface area contributed by atoms with Crippen molar-refractivity contribution >= 4 is 11.9 Å². The van der Waals surface area contributed by atoms with Crippen LogP contribution < -0.4 is 0 Å². The van der Waals surface area contributed by atoms with Crippen LogP contribution in [0.2, 0.25) is 0 Å². The molecule has 116 valence electrons. The smallest absolute Gasteiger partial charge is 0.335 e. The molecule has 0 radical (unpaired) electrons. The number of carboxylic acid groups (broad SMARTS) is 2. The van der Waals surface area contributed by atoms with Crippen LogP contribution in [0, 0.1) is 0 Å². The number of benzene rings is 2. The highest BCUT2D eigenvalue weighted by molar-refractivity contribution is 5.89. The molecule has 2 aromatic rings. The molecule has 0 unspecified atom stereocenters. The molecule has 22 heavy (non-hydrogen) atoms. The molecular formula is C16H16O6. The number of hydrogen-bond donors (Lipinski definition) is 4. The Labute approximate surface area is 126 Å². The number of hydrogen-bond acceptors (Lipinski definition) is 4. The van der Waals surface area contributed by atoms with Crippen LogP contribution in [-0.2, 0) is 0 Å². The highest BCUT2D eigenvalue weighted by Gasteiger charge is 2.05. The summed E-state index contributed by atoms with van der Waals surface area (Å²) in [4.78, 5) is 21.4. The predicted molar refractivity (Wildman–Crippen MR) is 80.0 cm³/mol. The van der Waals surface area contributed by atoms with Gasteiger partial charge in [0.15, 0.2) is 0 Å². The highest BCUT2D eigenvalue weighted by atomic mass is 16.4. The first-order valence-electron chi connectivity index (χ1n) is 6.38. The number of aromatic carboxylic acids is 2. The van der Waals surface area contributed by atoms with E-state index in [1.807, 2.05) is 0 Å². The molecule has 0 aromatic heterocycles. The number of aliphatic hydroxyl groups is 2. The van der Waals surface area contributed by atoms with E-state index in [0.29, 0.717) is 0 Å². The van der Waals surface area contributed by atoms with Crippen molar-refractivity contribution in [3.63, 3.8) is 0 Å². The van der Waals surface area contributed by atoms with Crippen LogP contribution in [0.15, 0.2) is 48.5 Å². The summed E-state index contributed by atoms with van der Waals surface area (Å²) in [6, 6.07) is 12.8. The Bertz CT molecular complexity index is 559. The van der Waals surface area contributed by atoms with E-state index in [-0.39, 0.29) is 24.3 Å². The van der Waals surface area contributed by atoms with E-state index in [0.717, 1.165) is 11.1 Å². The van der Waals surface area contributed by atoms with Crippen molar-refractivity contribution in [2.75, 3.05) is 13.2 Å². The van der Waals surface area contributed by atoms with E-state index in [9.17, 15) is 9.59 Å². The third-order valence-corrected chi connectivity index (χ3v) is 2.70. The van der Waals surface area contributed by atoms with Crippen LogP contribution in [0.25, 0.3) is 11.1 Å². The first-order chi connectivity index (χ1) is 10.5. The minimum Gasteiger partial charge on any atom is -0.478 e. The summed E-state index contributed by atoms with van der Waals surface area (Å²) < 4.78 is 0. The molecule has 2 aromatic carbocycles. The third-order valence-electron chi connectivity index (χ3n) is 2.70. The summed E-state index contributed by atoms with van der Waals surface area (Å²) in [5, 5.41) is 32.8. The Hall–Kier alpha value is -2.70. The van der Waals surface area contributed by atoms with Crippen LogP contribution in [-0.4, -0.2) is 45.6 Å². The average Bonchev–Trinajstić information content (AvgIpc) is 2.55. The monoisotopic (exact) mass is 304 g/mol. The van der Waals surface area contributed by atoms with E-state index in [1.165, 1.54) is 24.3 Å². The molecule has 0 aliphatic heterocycles. The van der Waals surface area contributed by atoms with Crippen molar-refractivity contribution in [2.24, 2.45) is 0 Å². The molecule has 0 atom stereocenters. The van der Waals surface area contributed by atoms with Crippen molar-refractivity contribution in [1.29, 1.82) is 0 Å². The van der Waals surface area contributed by atoms with Gasteiger partial charge >= 0.3 is 11.9 Å². The lowest BCUT2D eigenvalue weighted by molar-refractivity contribution is 0.0686. The quantitative estimate of drug-likeness (QED) is 0.683. The standard InChI is InChI=1S/C14H10O4.C2H6O2/c15-13(16)11-5-1-9(2-6-11)10-3-7-12(8-4-10)14(17)18;3-1-2-4/h1-8H,(H,15,16)(H,17,18);3-4H,1-2H2. The Morgan fingerprint density at radius 1 is 0.636 bits per heavy atom. The molecule has 0 fully saturated rings. The van der Waals surface area contributed by atoms with E-state index in [4.69, 9.17) is 20.4 Å². The summed E-state index contributed by atoms with van der Waals surface area (Å²) in [7, 11) is 0. The first-order valence-corrected chi connectivity index (χ1v) is 6.38. The maximum Gasteiger partial charge on any atom is 0.335 e. The maximum atomic E-state index is 10.7. The molecule has 0 spiro atoms. The molecule has 2 rings (SSSR count). The molecule has 0 saturated carbocycles. The lowest BCUT2D eigenvalue weighted by Gasteiger charge is -2.03. The van der Waals surface area contributed by atoms with Crippen molar-refractivity contribution in [1.82, 2.24) is 0 Å². The molecule has 0 heterocycles. The van der Waals surface area contributed by atoms with E-state index < -0.39 is 11.9 Å². The molecule has 4 N–H and O–H groups in total. The summed E-state index contributed by atoms with van der Waals surface area (Å²) in [6.45, 7) is -0.250. The second-order valence-electron chi connectivity index (χ2n) is 4.21. The normalized spacial score (nSPS) is 9.55. The molecule has 0 aliphatic carbocycles. The van der Waals surface area contributed by atoms with Crippen LogP contribution in [0.4, 0.5) is 0 Å². The first kappa shape index (κ1) is 17.4. The zero-order valence-electron chi connectivity index (χ0n) is 11.6. The van der Waals surface area contributed by atoms with Gasteiger partial charge in [0, 0.05) is 0 Å². The molecule has 0 saturated heterocycles.